The molecule has 0 aliphatic carbocycles. The van der Waals surface area contributed by atoms with Crippen molar-refractivity contribution in [3.63, 3.8) is 0 Å². The number of hydrogen-bond donors (Lipinski definition) is 1. The maximum Gasteiger partial charge on any atom is 0.331 e. The predicted octanol–water partition coefficient (Wildman–Crippen LogP) is -0.685. The quantitative estimate of drug-likeness (QED) is 0.614. The summed E-state index contributed by atoms with van der Waals surface area (Å²) in [5.74, 6) is 0. The van der Waals surface area contributed by atoms with Gasteiger partial charge >= 0.3 is 5.69 Å². The molecular formula is C8H11N3O2. The Kier molecular flexibility index (Phi) is 2.36. The topological polar surface area (TPSA) is 70.0 Å². The van der Waals surface area contributed by atoms with Crippen LogP contribution in [-0.2, 0) is 13.6 Å². The molecule has 0 bridgehead atoms. The highest BCUT2D eigenvalue weighted by molar-refractivity contribution is 5.30. The smallest absolute Gasteiger partial charge is 0.331 e. The SMILES string of the molecule is C=CCn1c(=O)c(N)cn(C)c1=O. The Morgan fingerprint density at radius 3 is 2.77 bits per heavy atom. The summed E-state index contributed by atoms with van der Waals surface area (Å²) in [5.41, 5.74) is 4.59. The van der Waals surface area contributed by atoms with E-state index < -0.39 is 5.56 Å². The fourth-order valence-electron chi connectivity index (χ4n) is 1.04. The standard InChI is InChI=1S/C8H11N3O2/c1-3-4-11-7(12)6(9)5-10(2)8(11)13/h3,5H,1,4,9H2,2H3. The number of nitrogens with zero attached hydrogens (tertiary/aromatic N) is 2. The summed E-state index contributed by atoms with van der Waals surface area (Å²) in [4.78, 5) is 22.7. The van der Waals surface area contributed by atoms with Crippen molar-refractivity contribution in [3.8, 4) is 0 Å². The van der Waals surface area contributed by atoms with E-state index in [1.807, 2.05) is 0 Å². The van der Waals surface area contributed by atoms with Gasteiger partial charge in [0.15, 0.2) is 0 Å². The summed E-state index contributed by atoms with van der Waals surface area (Å²) >= 11 is 0. The van der Waals surface area contributed by atoms with Gasteiger partial charge in [0.25, 0.3) is 5.56 Å². The summed E-state index contributed by atoms with van der Waals surface area (Å²) in [6.45, 7) is 3.63. The van der Waals surface area contributed by atoms with Crippen LogP contribution < -0.4 is 17.0 Å². The maximum atomic E-state index is 11.4. The third-order valence-electron chi connectivity index (χ3n) is 1.67. The second-order valence-corrected chi connectivity index (χ2v) is 2.68. The van der Waals surface area contributed by atoms with E-state index in [2.05, 4.69) is 6.58 Å². The molecular weight excluding hydrogens is 170 g/mol. The summed E-state index contributed by atoms with van der Waals surface area (Å²) in [6.07, 6.45) is 2.78. The van der Waals surface area contributed by atoms with E-state index in [0.717, 1.165) is 4.57 Å². The van der Waals surface area contributed by atoms with Gasteiger partial charge in [0.2, 0.25) is 0 Å². The van der Waals surface area contributed by atoms with Crippen LogP contribution in [0.4, 0.5) is 5.69 Å². The largest absolute Gasteiger partial charge is 0.393 e. The van der Waals surface area contributed by atoms with Crippen LogP contribution >= 0.6 is 0 Å². The zero-order valence-corrected chi connectivity index (χ0v) is 7.36. The van der Waals surface area contributed by atoms with Crippen LogP contribution in [0.3, 0.4) is 0 Å². The molecule has 1 rings (SSSR count). The molecule has 1 aromatic heterocycles. The molecule has 5 heteroatoms. The lowest BCUT2D eigenvalue weighted by molar-refractivity contribution is 0.653. The zero-order chi connectivity index (χ0) is 10.0. The first kappa shape index (κ1) is 9.31. The second kappa shape index (κ2) is 3.30. The number of nitrogens with two attached hydrogens (primary N) is 1. The average Bonchev–Trinajstić information content (AvgIpc) is 2.09. The summed E-state index contributed by atoms with van der Waals surface area (Å²) in [6, 6.07) is 0. The second-order valence-electron chi connectivity index (χ2n) is 2.68. The molecule has 0 aromatic carbocycles. The number of nitrogen functional groups attached to an aromatic ring is 1. The maximum absolute atomic E-state index is 11.4. The van der Waals surface area contributed by atoms with Crippen molar-refractivity contribution >= 4 is 5.69 Å². The fraction of sp³-hybridized carbons (Fsp3) is 0.250. The van der Waals surface area contributed by atoms with Gasteiger partial charge in [-0.2, -0.15) is 0 Å². The molecule has 0 fully saturated rings. The minimum Gasteiger partial charge on any atom is -0.393 e. The molecule has 0 saturated heterocycles. The molecule has 0 unspecified atom stereocenters. The van der Waals surface area contributed by atoms with Crippen LogP contribution in [0.1, 0.15) is 0 Å². The number of anilines is 1. The van der Waals surface area contributed by atoms with Gasteiger partial charge in [-0.3, -0.25) is 9.36 Å². The van der Waals surface area contributed by atoms with Crippen LogP contribution in [0.2, 0.25) is 0 Å². The van der Waals surface area contributed by atoms with Gasteiger partial charge in [-0.15, -0.1) is 6.58 Å². The number of rotatable bonds is 2. The molecule has 0 spiro atoms. The molecule has 0 aliphatic rings. The van der Waals surface area contributed by atoms with Crippen LogP contribution in [-0.4, -0.2) is 9.13 Å². The van der Waals surface area contributed by atoms with E-state index >= 15 is 0 Å². The predicted molar refractivity (Wildman–Crippen MR) is 50.6 cm³/mol. The third-order valence-corrected chi connectivity index (χ3v) is 1.67. The van der Waals surface area contributed by atoms with Crippen molar-refractivity contribution in [1.29, 1.82) is 0 Å². The van der Waals surface area contributed by atoms with E-state index in [1.54, 1.807) is 0 Å². The van der Waals surface area contributed by atoms with Crippen molar-refractivity contribution in [3.05, 3.63) is 39.7 Å². The minimum atomic E-state index is -0.469. The van der Waals surface area contributed by atoms with Gasteiger partial charge in [0.05, 0.1) is 0 Å². The van der Waals surface area contributed by atoms with E-state index in [1.165, 1.54) is 23.9 Å². The van der Waals surface area contributed by atoms with Gasteiger partial charge in [0, 0.05) is 19.8 Å². The Bertz CT molecular complexity index is 407. The number of aryl methyl sites for hydroxylation is 1. The lowest BCUT2D eigenvalue weighted by atomic mass is 10.5. The van der Waals surface area contributed by atoms with E-state index in [9.17, 15) is 9.59 Å². The average molecular weight is 181 g/mol. The molecule has 0 saturated carbocycles. The van der Waals surface area contributed by atoms with Gasteiger partial charge in [-0.25, -0.2) is 4.79 Å². The first-order chi connectivity index (χ1) is 6.07. The first-order valence-electron chi connectivity index (χ1n) is 3.74. The summed E-state index contributed by atoms with van der Waals surface area (Å²) in [7, 11) is 1.54. The minimum absolute atomic E-state index is 0.0592. The zero-order valence-electron chi connectivity index (χ0n) is 7.36. The monoisotopic (exact) mass is 181 g/mol. The Hall–Kier alpha value is -1.78. The first-order valence-corrected chi connectivity index (χ1v) is 3.74. The lowest BCUT2D eigenvalue weighted by Gasteiger charge is -2.04. The van der Waals surface area contributed by atoms with Crippen LogP contribution in [0.5, 0.6) is 0 Å². The Balaban J connectivity index is 3.56. The van der Waals surface area contributed by atoms with Gasteiger partial charge in [-0.1, -0.05) is 6.08 Å². The number of allylic oxidation sites excluding steroid dienone is 1. The van der Waals surface area contributed by atoms with Crippen molar-refractivity contribution in [2.24, 2.45) is 7.05 Å². The number of aromatic nitrogens is 2. The van der Waals surface area contributed by atoms with Gasteiger partial charge < -0.3 is 10.3 Å². The van der Waals surface area contributed by atoms with E-state index in [0.29, 0.717) is 0 Å². The highest BCUT2D eigenvalue weighted by atomic mass is 16.2. The molecule has 0 amide bonds. The van der Waals surface area contributed by atoms with Crippen LogP contribution in [0.15, 0.2) is 28.4 Å². The Labute approximate surface area is 74.7 Å². The van der Waals surface area contributed by atoms with Crippen LogP contribution in [0.25, 0.3) is 0 Å². The third kappa shape index (κ3) is 1.53. The molecule has 0 radical (unpaired) electrons. The highest BCUT2D eigenvalue weighted by Gasteiger charge is 2.04. The molecule has 5 nitrogen and oxygen atoms in total. The molecule has 0 atom stereocenters. The molecule has 0 aliphatic heterocycles. The number of hydrogen-bond acceptors (Lipinski definition) is 3. The molecule has 70 valence electrons. The normalized spacial score (nSPS) is 9.92. The van der Waals surface area contributed by atoms with Crippen molar-refractivity contribution in [2.45, 2.75) is 6.54 Å². The fourth-order valence-corrected chi connectivity index (χ4v) is 1.04. The van der Waals surface area contributed by atoms with Crippen molar-refractivity contribution in [1.82, 2.24) is 9.13 Å². The van der Waals surface area contributed by atoms with E-state index in [4.69, 9.17) is 5.73 Å². The van der Waals surface area contributed by atoms with Crippen molar-refractivity contribution in [2.75, 3.05) is 5.73 Å². The highest BCUT2D eigenvalue weighted by Crippen LogP contribution is 1.86. The Morgan fingerprint density at radius 1 is 1.62 bits per heavy atom. The molecule has 2 N–H and O–H groups in total. The van der Waals surface area contributed by atoms with Gasteiger partial charge in [-0.05, 0) is 0 Å². The summed E-state index contributed by atoms with van der Waals surface area (Å²) < 4.78 is 2.29. The van der Waals surface area contributed by atoms with Crippen LogP contribution in [0, 0.1) is 0 Å². The molecule has 1 aromatic rings. The molecule has 1 heterocycles. The lowest BCUT2D eigenvalue weighted by Crippen LogP contribution is -2.39. The Morgan fingerprint density at radius 2 is 2.23 bits per heavy atom. The van der Waals surface area contributed by atoms with Gasteiger partial charge in [0.1, 0.15) is 5.69 Å². The summed E-state index contributed by atoms with van der Waals surface area (Å²) in [5, 5.41) is 0. The van der Waals surface area contributed by atoms with E-state index in [-0.39, 0.29) is 17.9 Å². The van der Waals surface area contributed by atoms with Crippen molar-refractivity contribution < 1.29 is 0 Å². The molecule has 13 heavy (non-hydrogen) atoms.